The van der Waals surface area contributed by atoms with Gasteiger partial charge in [0.05, 0.1) is 11.4 Å². The molecule has 0 saturated heterocycles. The zero-order valence-corrected chi connectivity index (χ0v) is 10.0. The maximum Gasteiger partial charge on any atom is 0.117 e. The lowest BCUT2D eigenvalue weighted by atomic mass is 10.2. The number of aromatic hydroxyl groups is 1. The van der Waals surface area contributed by atoms with E-state index in [4.69, 9.17) is 0 Å². The van der Waals surface area contributed by atoms with Crippen LogP contribution in [0.5, 0.6) is 5.75 Å². The van der Waals surface area contributed by atoms with Crippen molar-refractivity contribution in [3.05, 3.63) is 48.5 Å². The molecule has 2 aromatic carbocycles. The first-order valence-corrected chi connectivity index (χ1v) is 5.49. The van der Waals surface area contributed by atoms with E-state index in [9.17, 15) is 5.11 Å². The zero-order chi connectivity index (χ0) is 12.3. The highest BCUT2D eigenvalue weighted by molar-refractivity contribution is 5.75. The van der Waals surface area contributed by atoms with Crippen LogP contribution in [-0.2, 0) is 0 Å². The molecule has 2 aromatic rings. The van der Waals surface area contributed by atoms with Gasteiger partial charge in [0.2, 0.25) is 0 Å². The first-order valence-electron chi connectivity index (χ1n) is 5.49. The fraction of sp³-hybridized carbons (Fsp3) is 0.143. The number of nitrogens with one attached hydrogen (secondary N) is 1. The van der Waals surface area contributed by atoms with E-state index in [2.05, 4.69) is 5.32 Å². The summed E-state index contributed by atoms with van der Waals surface area (Å²) < 4.78 is 0. The standard InChI is InChI=1S/C14H16N2O/c1-16(2)14-9-4-3-8-13(14)15-11-6-5-7-12(17)10-11/h3-10,15,17H,1-2H3. The lowest BCUT2D eigenvalue weighted by Crippen LogP contribution is -2.10. The zero-order valence-electron chi connectivity index (χ0n) is 10.0. The Morgan fingerprint density at radius 2 is 1.76 bits per heavy atom. The summed E-state index contributed by atoms with van der Waals surface area (Å²) in [4.78, 5) is 2.05. The molecule has 0 saturated carbocycles. The molecule has 0 fully saturated rings. The number of phenolic OH excluding ortho intramolecular Hbond substituents is 1. The van der Waals surface area contributed by atoms with E-state index in [0.29, 0.717) is 0 Å². The third-order valence-electron chi connectivity index (χ3n) is 2.51. The molecule has 0 bridgehead atoms. The van der Waals surface area contributed by atoms with Crippen molar-refractivity contribution in [1.29, 1.82) is 0 Å². The van der Waals surface area contributed by atoms with Crippen molar-refractivity contribution in [3.8, 4) is 5.75 Å². The molecule has 17 heavy (non-hydrogen) atoms. The van der Waals surface area contributed by atoms with Crippen LogP contribution >= 0.6 is 0 Å². The van der Waals surface area contributed by atoms with Gasteiger partial charge in [-0.1, -0.05) is 18.2 Å². The van der Waals surface area contributed by atoms with Crippen LogP contribution in [0.25, 0.3) is 0 Å². The maximum atomic E-state index is 9.42. The average Bonchev–Trinajstić information content (AvgIpc) is 2.29. The second-order valence-electron chi connectivity index (χ2n) is 4.09. The Morgan fingerprint density at radius 1 is 1.00 bits per heavy atom. The Kier molecular flexibility index (Phi) is 3.19. The number of phenols is 1. The second-order valence-corrected chi connectivity index (χ2v) is 4.09. The molecule has 88 valence electrons. The van der Waals surface area contributed by atoms with Crippen molar-refractivity contribution in [1.82, 2.24) is 0 Å². The topological polar surface area (TPSA) is 35.5 Å². The van der Waals surface area contributed by atoms with Gasteiger partial charge < -0.3 is 15.3 Å². The number of nitrogens with zero attached hydrogens (tertiary/aromatic N) is 1. The molecule has 3 heteroatoms. The fourth-order valence-electron chi connectivity index (χ4n) is 1.71. The molecular formula is C14H16N2O. The predicted octanol–water partition coefficient (Wildman–Crippen LogP) is 3.20. The van der Waals surface area contributed by atoms with Crippen molar-refractivity contribution in [3.63, 3.8) is 0 Å². The van der Waals surface area contributed by atoms with Gasteiger partial charge in [-0.05, 0) is 24.3 Å². The molecule has 3 nitrogen and oxygen atoms in total. The molecule has 0 unspecified atom stereocenters. The Hall–Kier alpha value is -2.16. The van der Waals surface area contributed by atoms with Gasteiger partial charge >= 0.3 is 0 Å². The van der Waals surface area contributed by atoms with Gasteiger partial charge in [0.1, 0.15) is 5.75 Å². The number of rotatable bonds is 3. The van der Waals surface area contributed by atoms with Crippen LogP contribution in [0, 0.1) is 0 Å². The molecule has 0 aliphatic heterocycles. The normalized spacial score (nSPS) is 10.0. The van der Waals surface area contributed by atoms with Gasteiger partial charge in [0, 0.05) is 25.8 Å². The lowest BCUT2D eigenvalue weighted by Gasteiger charge is -2.18. The van der Waals surface area contributed by atoms with E-state index in [1.165, 1.54) is 0 Å². The molecule has 2 rings (SSSR count). The van der Waals surface area contributed by atoms with E-state index in [1.807, 2.05) is 55.4 Å². The third kappa shape index (κ3) is 2.69. The van der Waals surface area contributed by atoms with Crippen LogP contribution in [0.15, 0.2) is 48.5 Å². The molecule has 0 aliphatic carbocycles. The lowest BCUT2D eigenvalue weighted by molar-refractivity contribution is 0.475. The number of para-hydroxylation sites is 2. The van der Waals surface area contributed by atoms with Crippen LogP contribution in [-0.4, -0.2) is 19.2 Å². The van der Waals surface area contributed by atoms with Gasteiger partial charge in [0.25, 0.3) is 0 Å². The Labute approximate surface area is 101 Å². The first kappa shape index (κ1) is 11.3. The number of hydrogen-bond donors (Lipinski definition) is 2. The van der Waals surface area contributed by atoms with E-state index >= 15 is 0 Å². The quantitative estimate of drug-likeness (QED) is 0.846. The first-order chi connectivity index (χ1) is 8.16. The maximum absolute atomic E-state index is 9.42. The third-order valence-corrected chi connectivity index (χ3v) is 2.51. The highest BCUT2D eigenvalue weighted by atomic mass is 16.3. The van der Waals surface area contributed by atoms with Crippen molar-refractivity contribution in [2.24, 2.45) is 0 Å². The van der Waals surface area contributed by atoms with Crippen molar-refractivity contribution >= 4 is 17.1 Å². The molecule has 0 heterocycles. The SMILES string of the molecule is CN(C)c1ccccc1Nc1cccc(O)c1. The average molecular weight is 228 g/mol. The van der Waals surface area contributed by atoms with Crippen molar-refractivity contribution < 1.29 is 5.11 Å². The molecule has 0 amide bonds. The minimum atomic E-state index is 0.261. The van der Waals surface area contributed by atoms with Gasteiger partial charge in [-0.3, -0.25) is 0 Å². The second kappa shape index (κ2) is 4.78. The highest BCUT2D eigenvalue weighted by Crippen LogP contribution is 2.28. The summed E-state index contributed by atoms with van der Waals surface area (Å²) in [6, 6.07) is 15.1. The largest absolute Gasteiger partial charge is 0.508 e. The van der Waals surface area contributed by atoms with E-state index in [-0.39, 0.29) is 5.75 Å². The molecule has 2 N–H and O–H groups in total. The Balaban J connectivity index is 2.30. The van der Waals surface area contributed by atoms with Crippen LogP contribution in [0.4, 0.5) is 17.1 Å². The van der Waals surface area contributed by atoms with E-state index in [0.717, 1.165) is 17.1 Å². The smallest absolute Gasteiger partial charge is 0.117 e. The van der Waals surface area contributed by atoms with Gasteiger partial charge in [-0.25, -0.2) is 0 Å². The van der Waals surface area contributed by atoms with Gasteiger partial charge in [-0.15, -0.1) is 0 Å². The number of benzene rings is 2. The molecule has 0 atom stereocenters. The summed E-state index contributed by atoms with van der Waals surface area (Å²) in [7, 11) is 4.01. The Morgan fingerprint density at radius 3 is 2.47 bits per heavy atom. The summed E-state index contributed by atoms with van der Waals surface area (Å²) in [6.45, 7) is 0. The van der Waals surface area contributed by atoms with Gasteiger partial charge in [-0.2, -0.15) is 0 Å². The van der Waals surface area contributed by atoms with E-state index in [1.54, 1.807) is 12.1 Å². The molecular weight excluding hydrogens is 212 g/mol. The van der Waals surface area contributed by atoms with E-state index < -0.39 is 0 Å². The predicted molar refractivity (Wildman–Crippen MR) is 72.2 cm³/mol. The fourth-order valence-corrected chi connectivity index (χ4v) is 1.71. The molecule has 0 radical (unpaired) electrons. The Bertz CT molecular complexity index is 509. The van der Waals surface area contributed by atoms with Crippen molar-refractivity contribution in [2.75, 3.05) is 24.3 Å². The van der Waals surface area contributed by atoms with Gasteiger partial charge in [0.15, 0.2) is 0 Å². The monoisotopic (exact) mass is 228 g/mol. The molecule has 0 aliphatic rings. The highest BCUT2D eigenvalue weighted by Gasteiger charge is 2.03. The van der Waals surface area contributed by atoms with Crippen LogP contribution in [0.3, 0.4) is 0 Å². The molecule has 0 spiro atoms. The summed E-state index contributed by atoms with van der Waals surface area (Å²) in [5.41, 5.74) is 3.00. The van der Waals surface area contributed by atoms with Crippen LogP contribution in [0.2, 0.25) is 0 Å². The molecule has 0 aromatic heterocycles. The van der Waals surface area contributed by atoms with Crippen LogP contribution < -0.4 is 10.2 Å². The number of anilines is 3. The summed E-state index contributed by atoms with van der Waals surface area (Å²) >= 11 is 0. The summed E-state index contributed by atoms with van der Waals surface area (Å²) in [6.07, 6.45) is 0. The minimum Gasteiger partial charge on any atom is -0.508 e. The van der Waals surface area contributed by atoms with Crippen molar-refractivity contribution in [2.45, 2.75) is 0 Å². The van der Waals surface area contributed by atoms with Crippen LogP contribution in [0.1, 0.15) is 0 Å². The summed E-state index contributed by atoms with van der Waals surface area (Å²) in [5.74, 6) is 0.261. The minimum absolute atomic E-state index is 0.261. The summed E-state index contributed by atoms with van der Waals surface area (Å²) in [5, 5.41) is 12.7. The number of hydrogen-bond acceptors (Lipinski definition) is 3.